The van der Waals surface area contributed by atoms with Crippen molar-refractivity contribution < 1.29 is 9.53 Å². The fourth-order valence-electron chi connectivity index (χ4n) is 2.70. The number of hydrogen-bond acceptors (Lipinski definition) is 3. The van der Waals surface area contributed by atoms with Crippen molar-refractivity contribution in [3.8, 4) is 5.75 Å². The minimum Gasteiger partial charge on any atom is -0.497 e. The molecule has 1 aliphatic heterocycles. The molecule has 1 aliphatic rings. The number of benzene rings is 2. The van der Waals surface area contributed by atoms with Crippen molar-refractivity contribution in [3.05, 3.63) is 65.2 Å². The van der Waals surface area contributed by atoms with E-state index in [0.717, 1.165) is 24.3 Å². The number of carbonyl (C=O) groups excluding carboxylic acids is 1. The van der Waals surface area contributed by atoms with Crippen LogP contribution in [0.5, 0.6) is 5.75 Å². The molecule has 0 saturated heterocycles. The van der Waals surface area contributed by atoms with Crippen LogP contribution in [0.15, 0.2) is 48.5 Å². The van der Waals surface area contributed by atoms with E-state index in [1.54, 1.807) is 7.11 Å². The summed E-state index contributed by atoms with van der Waals surface area (Å²) in [6, 6.07) is 15.8. The first-order chi connectivity index (χ1) is 10.8. The SMILES string of the molecule is COc1ccc(CNC(=O)[C@@H]2Cc3ccccc3CN2)cc1. The summed E-state index contributed by atoms with van der Waals surface area (Å²) in [5, 5.41) is 6.29. The lowest BCUT2D eigenvalue weighted by Crippen LogP contribution is -2.47. The molecule has 0 radical (unpaired) electrons. The number of hydrogen-bond donors (Lipinski definition) is 2. The molecular weight excluding hydrogens is 276 g/mol. The highest BCUT2D eigenvalue weighted by Gasteiger charge is 2.23. The summed E-state index contributed by atoms with van der Waals surface area (Å²) in [6.07, 6.45) is 0.741. The van der Waals surface area contributed by atoms with E-state index >= 15 is 0 Å². The Balaban J connectivity index is 1.56. The second kappa shape index (κ2) is 6.62. The van der Waals surface area contributed by atoms with Crippen LogP contribution in [-0.2, 0) is 24.3 Å². The van der Waals surface area contributed by atoms with Crippen LogP contribution >= 0.6 is 0 Å². The molecule has 0 aliphatic carbocycles. The summed E-state index contributed by atoms with van der Waals surface area (Å²) < 4.78 is 5.13. The lowest BCUT2D eigenvalue weighted by atomic mass is 9.95. The Hall–Kier alpha value is -2.33. The van der Waals surface area contributed by atoms with Crippen LogP contribution in [0.4, 0.5) is 0 Å². The number of carbonyl (C=O) groups is 1. The fraction of sp³-hybridized carbons (Fsp3) is 0.278. The predicted molar refractivity (Wildman–Crippen MR) is 85.6 cm³/mol. The van der Waals surface area contributed by atoms with Gasteiger partial charge < -0.3 is 15.4 Å². The highest BCUT2D eigenvalue weighted by Crippen LogP contribution is 2.16. The third-order valence-corrected chi connectivity index (χ3v) is 4.02. The molecule has 0 fully saturated rings. The Morgan fingerprint density at radius 3 is 2.64 bits per heavy atom. The molecule has 2 aromatic carbocycles. The Labute approximate surface area is 130 Å². The molecule has 1 heterocycles. The van der Waals surface area contributed by atoms with E-state index in [0.29, 0.717) is 6.54 Å². The standard InChI is InChI=1S/C18H20N2O2/c1-22-16-8-6-13(7-9-16)11-20-18(21)17-10-14-4-2-3-5-15(14)12-19-17/h2-9,17,19H,10-12H2,1H3,(H,20,21)/t17-/m0/s1. The van der Waals surface area contributed by atoms with Crippen molar-refractivity contribution in [2.45, 2.75) is 25.6 Å². The first kappa shape index (κ1) is 14.6. The van der Waals surface area contributed by atoms with Crippen LogP contribution < -0.4 is 15.4 Å². The lowest BCUT2D eigenvalue weighted by Gasteiger charge is -2.25. The van der Waals surface area contributed by atoms with E-state index in [1.165, 1.54) is 11.1 Å². The van der Waals surface area contributed by atoms with Gasteiger partial charge >= 0.3 is 0 Å². The van der Waals surface area contributed by atoms with Gasteiger partial charge in [-0.05, 0) is 35.2 Å². The second-order valence-corrected chi connectivity index (χ2v) is 5.47. The van der Waals surface area contributed by atoms with Gasteiger partial charge in [0.1, 0.15) is 5.75 Å². The first-order valence-electron chi connectivity index (χ1n) is 7.47. The number of fused-ring (bicyclic) bond motifs is 1. The predicted octanol–water partition coefficient (Wildman–Crippen LogP) is 2.03. The Morgan fingerprint density at radius 2 is 1.91 bits per heavy atom. The summed E-state index contributed by atoms with van der Waals surface area (Å²) in [4.78, 5) is 12.3. The monoisotopic (exact) mass is 296 g/mol. The first-order valence-corrected chi connectivity index (χ1v) is 7.47. The lowest BCUT2D eigenvalue weighted by molar-refractivity contribution is -0.123. The van der Waals surface area contributed by atoms with Crippen LogP contribution in [0.25, 0.3) is 0 Å². The third kappa shape index (κ3) is 3.28. The van der Waals surface area contributed by atoms with Gasteiger partial charge in [0.2, 0.25) is 5.91 Å². The average molecular weight is 296 g/mol. The number of ether oxygens (including phenoxy) is 1. The number of nitrogens with one attached hydrogen (secondary N) is 2. The van der Waals surface area contributed by atoms with Gasteiger partial charge in [0.05, 0.1) is 13.2 Å². The number of methoxy groups -OCH3 is 1. The van der Waals surface area contributed by atoms with Crippen LogP contribution in [0.1, 0.15) is 16.7 Å². The maximum Gasteiger partial charge on any atom is 0.237 e. The maximum absolute atomic E-state index is 12.3. The van der Waals surface area contributed by atoms with Gasteiger partial charge in [0, 0.05) is 13.1 Å². The number of rotatable bonds is 4. The van der Waals surface area contributed by atoms with E-state index < -0.39 is 0 Å². The van der Waals surface area contributed by atoms with Crippen molar-refractivity contribution in [1.82, 2.24) is 10.6 Å². The summed E-state index contributed by atoms with van der Waals surface area (Å²) in [6.45, 7) is 1.28. The van der Waals surface area contributed by atoms with Gasteiger partial charge in [-0.3, -0.25) is 4.79 Å². The van der Waals surface area contributed by atoms with Crippen LogP contribution in [0, 0.1) is 0 Å². The van der Waals surface area contributed by atoms with Crippen molar-refractivity contribution in [1.29, 1.82) is 0 Å². The molecule has 0 bridgehead atoms. The van der Waals surface area contributed by atoms with Crippen molar-refractivity contribution in [3.63, 3.8) is 0 Å². The quantitative estimate of drug-likeness (QED) is 0.907. The fourth-order valence-corrected chi connectivity index (χ4v) is 2.70. The Morgan fingerprint density at radius 1 is 1.18 bits per heavy atom. The van der Waals surface area contributed by atoms with Gasteiger partial charge in [-0.2, -0.15) is 0 Å². The molecular formula is C18H20N2O2. The van der Waals surface area contributed by atoms with Crippen LogP contribution in [0.2, 0.25) is 0 Å². The molecule has 0 unspecified atom stereocenters. The Kier molecular flexibility index (Phi) is 4.39. The minimum atomic E-state index is -0.159. The molecule has 4 nitrogen and oxygen atoms in total. The topological polar surface area (TPSA) is 50.4 Å². The maximum atomic E-state index is 12.3. The highest BCUT2D eigenvalue weighted by atomic mass is 16.5. The summed E-state index contributed by atoms with van der Waals surface area (Å²) >= 11 is 0. The molecule has 2 aromatic rings. The van der Waals surface area contributed by atoms with Gasteiger partial charge in [-0.1, -0.05) is 36.4 Å². The zero-order chi connectivity index (χ0) is 15.4. The Bertz CT molecular complexity index is 652. The normalized spacial score (nSPS) is 16.7. The molecule has 2 N–H and O–H groups in total. The molecule has 3 rings (SSSR count). The molecule has 0 saturated carbocycles. The minimum absolute atomic E-state index is 0.0466. The van der Waals surface area contributed by atoms with Crippen molar-refractivity contribution in [2.75, 3.05) is 7.11 Å². The highest BCUT2D eigenvalue weighted by molar-refractivity contribution is 5.82. The van der Waals surface area contributed by atoms with Crippen molar-refractivity contribution >= 4 is 5.91 Å². The van der Waals surface area contributed by atoms with E-state index in [-0.39, 0.29) is 11.9 Å². The van der Waals surface area contributed by atoms with E-state index in [9.17, 15) is 4.79 Å². The molecule has 22 heavy (non-hydrogen) atoms. The molecule has 114 valence electrons. The van der Waals surface area contributed by atoms with Gasteiger partial charge in [0.15, 0.2) is 0 Å². The van der Waals surface area contributed by atoms with E-state index in [4.69, 9.17) is 4.74 Å². The van der Waals surface area contributed by atoms with E-state index in [2.05, 4.69) is 22.8 Å². The second-order valence-electron chi connectivity index (χ2n) is 5.47. The van der Waals surface area contributed by atoms with Crippen LogP contribution in [-0.4, -0.2) is 19.1 Å². The van der Waals surface area contributed by atoms with Crippen molar-refractivity contribution in [2.24, 2.45) is 0 Å². The van der Waals surface area contributed by atoms with Gasteiger partial charge in [-0.15, -0.1) is 0 Å². The molecule has 0 aromatic heterocycles. The molecule has 1 amide bonds. The molecule has 0 spiro atoms. The smallest absolute Gasteiger partial charge is 0.237 e. The molecule has 4 heteroatoms. The average Bonchev–Trinajstić information content (AvgIpc) is 2.59. The zero-order valence-electron chi connectivity index (χ0n) is 12.6. The van der Waals surface area contributed by atoms with Gasteiger partial charge in [0.25, 0.3) is 0 Å². The zero-order valence-corrected chi connectivity index (χ0v) is 12.6. The summed E-state index contributed by atoms with van der Waals surface area (Å²) in [7, 11) is 1.64. The van der Waals surface area contributed by atoms with Crippen LogP contribution in [0.3, 0.4) is 0 Å². The summed E-state index contributed by atoms with van der Waals surface area (Å²) in [5.74, 6) is 0.867. The largest absolute Gasteiger partial charge is 0.497 e. The third-order valence-electron chi connectivity index (χ3n) is 4.02. The van der Waals surface area contributed by atoms with E-state index in [1.807, 2.05) is 36.4 Å². The number of amides is 1. The molecule has 1 atom stereocenters. The van der Waals surface area contributed by atoms with Gasteiger partial charge in [-0.25, -0.2) is 0 Å². The summed E-state index contributed by atoms with van der Waals surface area (Å²) in [5.41, 5.74) is 3.60.